The van der Waals surface area contributed by atoms with Gasteiger partial charge in [0.15, 0.2) is 11.6 Å². The van der Waals surface area contributed by atoms with Gasteiger partial charge in [-0.15, -0.1) is 0 Å². The average molecular weight is 500 g/mol. The molecular formula is C25H30FN5O5. The minimum absolute atomic E-state index is 0.0183. The van der Waals surface area contributed by atoms with Gasteiger partial charge in [-0.05, 0) is 42.2 Å². The summed E-state index contributed by atoms with van der Waals surface area (Å²) >= 11 is 0. The van der Waals surface area contributed by atoms with Crippen LogP contribution < -0.4 is 20.7 Å². The zero-order valence-corrected chi connectivity index (χ0v) is 19.9. The number of benzene rings is 1. The molecule has 0 saturated heterocycles. The number of carboxylic acid groups (broad SMARTS) is 1. The summed E-state index contributed by atoms with van der Waals surface area (Å²) in [5, 5.41) is 35.5. The van der Waals surface area contributed by atoms with Crippen LogP contribution in [0.1, 0.15) is 35.7 Å². The number of halogens is 1. The maximum Gasteiger partial charge on any atom is 0.305 e. The van der Waals surface area contributed by atoms with Crippen molar-refractivity contribution in [3.63, 3.8) is 0 Å². The van der Waals surface area contributed by atoms with Crippen molar-refractivity contribution >= 4 is 23.4 Å². The van der Waals surface area contributed by atoms with E-state index in [1.54, 1.807) is 0 Å². The van der Waals surface area contributed by atoms with Gasteiger partial charge in [-0.1, -0.05) is 12.1 Å². The van der Waals surface area contributed by atoms with E-state index in [0.29, 0.717) is 13.0 Å². The van der Waals surface area contributed by atoms with E-state index in [1.165, 1.54) is 31.0 Å². The number of carbonyl (C=O) groups excluding carboxylic acids is 1. The van der Waals surface area contributed by atoms with Crippen LogP contribution >= 0.6 is 0 Å². The van der Waals surface area contributed by atoms with Crippen molar-refractivity contribution in [3.05, 3.63) is 64.7 Å². The van der Waals surface area contributed by atoms with Crippen molar-refractivity contribution in [1.29, 1.82) is 5.41 Å². The standard InChI is InChI=1S/C25H30FN5O5/c1-36-22-7-5-16(11-19(22)26)21(12-23(33)34)31-25(35)18(20(27)14-32)13-28-10-8-17-6-4-15-3-2-9-29-24(15)30-17/h4-7,11,13,21,27-28,32H,2-3,8-10,12,14H2,1H3,(H,29,30)(H,31,35)(H,33,34)/b18-13+,27-20?/t21-/m0/s1. The number of hydrogen-bond acceptors (Lipinski definition) is 8. The number of carbonyl (C=O) groups is 2. The Hall–Kier alpha value is -3.99. The topological polar surface area (TPSA) is 157 Å². The molecule has 2 aromatic rings. The number of rotatable bonds is 12. The van der Waals surface area contributed by atoms with Crippen LogP contribution in [0, 0.1) is 11.2 Å². The second-order valence-electron chi connectivity index (χ2n) is 8.26. The first-order valence-electron chi connectivity index (χ1n) is 11.5. The van der Waals surface area contributed by atoms with E-state index in [2.05, 4.69) is 20.9 Å². The number of anilines is 1. The number of carboxylic acids is 1. The van der Waals surface area contributed by atoms with Crippen molar-refractivity contribution in [2.75, 3.05) is 32.1 Å². The van der Waals surface area contributed by atoms with Crippen LogP contribution in [0.4, 0.5) is 10.2 Å². The minimum atomic E-state index is -1.20. The first-order valence-corrected chi connectivity index (χ1v) is 11.5. The first kappa shape index (κ1) is 26.6. The highest BCUT2D eigenvalue weighted by Gasteiger charge is 2.23. The van der Waals surface area contributed by atoms with Crippen LogP contribution in [0.15, 0.2) is 42.1 Å². The van der Waals surface area contributed by atoms with Crippen LogP contribution in [0.3, 0.4) is 0 Å². The quantitative estimate of drug-likeness (QED) is 0.147. The fraction of sp³-hybridized carbons (Fsp3) is 0.360. The number of nitrogens with zero attached hydrogens (tertiary/aromatic N) is 1. The van der Waals surface area contributed by atoms with Gasteiger partial charge >= 0.3 is 5.97 Å². The third-order valence-electron chi connectivity index (χ3n) is 5.71. The fourth-order valence-electron chi connectivity index (χ4n) is 3.82. The second-order valence-corrected chi connectivity index (χ2v) is 8.26. The van der Waals surface area contributed by atoms with E-state index in [0.717, 1.165) is 37.0 Å². The van der Waals surface area contributed by atoms with Gasteiger partial charge in [-0.25, -0.2) is 9.37 Å². The average Bonchev–Trinajstić information content (AvgIpc) is 2.87. The Kier molecular flexibility index (Phi) is 9.34. The number of pyridine rings is 1. The summed E-state index contributed by atoms with van der Waals surface area (Å²) in [6.07, 6.45) is 3.41. The highest BCUT2D eigenvalue weighted by atomic mass is 19.1. The van der Waals surface area contributed by atoms with Gasteiger partial charge in [0.2, 0.25) is 0 Å². The molecule has 0 unspecified atom stereocenters. The number of fused-ring (bicyclic) bond motifs is 1. The molecule has 0 spiro atoms. The molecule has 2 heterocycles. The lowest BCUT2D eigenvalue weighted by atomic mass is 10.0. The van der Waals surface area contributed by atoms with Crippen molar-refractivity contribution in [2.24, 2.45) is 0 Å². The number of nitrogens with one attached hydrogen (secondary N) is 4. The van der Waals surface area contributed by atoms with Gasteiger partial charge in [-0.2, -0.15) is 0 Å². The highest BCUT2D eigenvalue weighted by Crippen LogP contribution is 2.24. The molecule has 6 N–H and O–H groups in total. The maximum absolute atomic E-state index is 14.2. The van der Waals surface area contributed by atoms with Crippen LogP contribution in [0.25, 0.3) is 0 Å². The maximum atomic E-state index is 14.2. The van der Waals surface area contributed by atoms with E-state index < -0.39 is 36.8 Å². The number of aliphatic hydroxyl groups is 1. The molecular weight excluding hydrogens is 469 g/mol. The largest absolute Gasteiger partial charge is 0.494 e. The van der Waals surface area contributed by atoms with E-state index in [-0.39, 0.29) is 22.6 Å². The predicted octanol–water partition coefficient (Wildman–Crippen LogP) is 1.95. The smallest absolute Gasteiger partial charge is 0.305 e. The molecule has 1 aromatic heterocycles. The second kappa shape index (κ2) is 12.6. The summed E-state index contributed by atoms with van der Waals surface area (Å²) in [6, 6.07) is 6.80. The molecule has 1 amide bonds. The minimum Gasteiger partial charge on any atom is -0.494 e. The first-order chi connectivity index (χ1) is 17.3. The van der Waals surface area contributed by atoms with Gasteiger partial charge in [-0.3, -0.25) is 9.59 Å². The van der Waals surface area contributed by atoms with Gasteiger partial charge < -0.3 is 36.3 Å². The summed E-state index contributed by atoms with van der Waals surface area (Å²) < 4.78 is 19.1. The molecule has 3 rings (SSSR count). The summed E-state index contributed by atoms with van der Waals surface area (Å²) in [7, 11) is 1.30. The number of aryl methyl sites for hydroxylation is 1. The van der Waals surface area contributed by atoms with E-state index in [9.17, 15) is 24.2 Å². The molecule has 0 radical (unpaired) electrons. The molecule has 1 atom stereocenters. The number of aromatic nitrogens is 1. The number of methoxy groups -OCH3 is 1. The Morgan fingerprint density at radius 3 is 2.83 bits per heavy atom. The van der Waals surface area contributed by atoms with Crippen molar-refractivity contribution in [3.8, 4) is 5.75 Å². The predicted molar refractivity (Wildman–Crippen MR) is 132 cm³/mol. The molecule has 1 aliphatic heterocycles. The molecule has 0 fully saturated rings. The molecule has 11 heteroatoms. The Balaban J connectivity index is 1.69. The Labute approximate surface area is 208 Å². The summed E-state index contributed by atoms with van der Waals surface area (Å²) in [5.74, 6) is -1.82. The van der Waals surface area contributed by atoms with E-state index in [1.807, 2.05) is 12.1 Å². The van der Waals surface area contributed by atoms with E-state index >= 15 is 0 Å². The molecule has 1 aromatic carbocycles. The number of hydrogen-bond donors (Lipinski definition) is 6. The molecule has 1 aliphatic rings. The van der Waals surface area contributed by atoms with Crippen LogP contribution in [0.5, 0.6) is 5.75 Å². The number of ether oxygens (including phenoxy) is 1. The number of aliphatic hydroxyl groups excluding tert-OH is 1. The highest BCUT2D eigenvalue weighted by molar-refractivity contribution is 6.20. The van der Waals surface area contributed by atoms with Gasteiger partial charge in [0.25, 0.3) is 5.91 Å². The van der Waals surface area contributed by atoms with Gasteiger partial charge in [0, 0.05) is 31.4 Å². The van der Waals surface area contributed by atoms with Crippen LogP contribution in [-0.2, 0) is 22.4 Å². The van der Waals surface area contributed by atoms with Gasteiger partial charge in [0.1, 0.15) is 5.82 Å². The molecule has 192 valence electrons. The van der Waals surface area contributed by atoms with Crippen molar-refractivity contribution in [1.82, 2.24) is 15.6 Å². The van der Waals surface area contributed by atoms with Crippen LogP contribution in [-0.4, -0.2) is 59.6 Å². The molecule has 36 heavy (non-hydrogen) atoms. The Morgan fingerprint density at radius 2 is 2.14 bits per heavy atom. The van der Waals surface area contributed by atoms with Gasteiger partial charge in [0.05, 0.1) is 37.5 Å². The van der Waals surface area contributed by atoms with Crippen LogP contribution in [0.2, 0.25) is 0 Å². The van der Waals surface area contributed by atoms with Crippen molar-refractivity contribution < 1.29 is 28.9 Å². The van der Waals surface area contributed by atoms with Crippen molar-refractivity contribution in [2.45, 2.75) is 31.7 Å². The fourth-order valence-corrected chi connectivity index (χ4v) is 3.82. The monoisotopic (exact) mass is 499 g/mol. The third-order valence-corrected chi connectivity index (χ3v) is 5.71. The lowest BCUT2D eigenvalue weighted by Crippen LogP contribution is -2.35. The third kappa shape index (κ3) is 7.01. The number of aliphatic carboxylic acids is 1. The Morgan fingerprint density at radius 1 is 1.33 bits per heavy atom. The molecule has 10 nitrogen and oxygen atoms in total. The summed E-state index contributed by atoms with van der Waals surface area (Å²) in [6.45, 7) is 0.599. The zero-order chi connectivity index (χ0) is 26.1. The molecule has 0 aliphatic carbocycles. The SMILES string of the molecule is COc1ccc([C@H](CC(=O)O)NC(=O)/C(=C/NCCc2ccc3c(n2)NCCC3)C(=N)CO)cc1F. The summed E-state index contributed by atoms with van der Waals surface area (Å²) in [4.78, 5) is 28.9. The van der Waals surface area contributed by atoms with E-state index in [4.69, 9.17) is 10.1 Å². The summed E-state index contributed by atoms with van der Waals surface area (Å²) in [5.41, 5.74) is 1.74. The normalized spacial score (nSPS) is 13.7. The lowest BCUT2D eigenvalue weighted by Gasteiger charge is -2.19. The Bertz CT molecular complexity index is 1150. The molecule has 0 bridgehead atoms. The number of amides is 1. The lowest BCUT2D eigenvalue weighted by molar-refractivity contribution is -0.137. The zero-order valence-electron chi connectivity index (χ0n) is 19.9. The molecule has 0 saturated carbocycles.